The molecule has 1 heterocycles. The van der Waals surface area contributed by atoms with Crippen LogP contribution in [0.5, 0.6) is 0 Å². The van der Waals surface area contributed by atoms with Crippen molar-refractivity contribution in [3.8, 4) is 0 Å². The van der Waals surface area contributed by atoms with Gasteiger partial charge in [-0.25, -0.2) is 5.10 Å². The summed E-state index contributed by atoms with van der Waals surface area (Å²) in [5, 5.41) is 9.13. The zero-order chi connectivity index (χ0) is 8.69. The van der Waals surface area contributed by atoms with E-state index in [9.17, 15) is 0 Å². The van der Waals surface area contributed by atoms with Crippen molar-refractivity contribution in [3.63, 3.8) is 0 Å². The number of nitrogens with one attached hydrogen (secondary N) is 2. The van der Waals surface area contributed by atoms with Crippen molar-refractivity contribution in [3.05, 3.63) is 18.6 Å². The van der Waals surface area contributed by atoms with E-state index in [-0.39, 0.29) is 0 Å². The molecule has 2 N–H and O–H groups in total. The minimum atomic E-state index is 0.627. The van der Waals surface area contributed by atoms with Crippen molar-refractivity contribution in [2.24, 2.45) is 0 Å². The molecule has 4 nitrogen and oxygen atoms in total. The summed E-state index contributed by atoms with van der Waals surface area (Å²) in [6.45, 7) is 9.48. The second kappa shape index (κ2) is 5.46. The van der Waals surface area contributed by atoms with Gasteiger partial charge in [0.25, 0.3) is 0 Å². The topological polar surface area (TPSA) is 53.6 Å². The standard InChI is InChI=1S/C5H8N4.C2H6/c1-4(2)8-5-6-3-7-9-5;1-2/h3H,1H2,2H3,(H2,6,7,8,9);1-2H3. The lowest BCUT2D eigenvalue weighted by Gasteiger charge is -1.96. The van der Waals surface area contributed by atoms with E-state index in [2.05, 4.69) is 27.1 Å². The van der Waals surface area contributed by atoms with Gasteiger partial charge in [0.15, 0.2) is 0 Å². The van der Waals surface area contributed by atoms with E-state index in [1.165, 1.54) is 6.33 Å². The maximum Gasteiger partial charge on any atom is 0.222 e. The monoisotopic (exact) mass is 154 g/mol. The molecular formula is C7H14N4. The molecule has 0 radical (unpaired) electrons. The molecule has 0 aromatic carbocycles. The number of nitrogens with zero attached hydrogens (tertiary/aromatic N) is 2. The zero-order valence-electron chi connectivity index (χ0n) is 7.18. The van der Waals surface area contributed by atoms with Gasteiger partial charge in [-0.15, -0.1) is 0 Å². The Labute approximate surface area is 66.7 Å². The summed E-state index contributed by atoms with van der Waals surface area (Å²) in [5.41, 5.74) is 0.840. The fraction of sp³-hybridized carbons (Fsp3) is 0.429. The molecular weight excluding hydrogens is 140 g/mol. The minimum Gasteiger partial charge on any atom is -0.329 e. The number of hydrogen-bond acceptors (Lipinski definition) is 3. The third kappa shape index (κ3) is 4.13. The molecule has 4 heteroatoms. The summed E-state index contributed by atoms with van der Waals surface area (Å²) >= 11 is 0. The Morgan fingerprint density at radius 1 is 1.64 bits per heavy atom. The first kappa shape index (κ1) is 9.68. The van der Waals surface area contributed by atoms with Crippen LogP contribution >= 0.6 is 0 Å². The molecule has 0 bridgehead atoms. The number of aromatic nitrogens is 3. The molecule has 0 unspecified atom stereocenters. The number of anilines is 1. The highest BCUT2D eigenvalue weighted by Crippen LogP contribution is 1.95. The zero-order valence-corrected chi connectivity index (χ0v) is 7.18. The van der Waals surface area contributed by atoms with Crippen molar-refractivity contribution < 1.29 is 0 Å². The van der Waals surface area contributed by atoms with Crippen LogP contribution in [0.15, 0.2) is 18.6 Å². The van der Waals surface area contributed by atoms with Crippen LogP contribution in [0.1, 0.15) is 20.8 Å². The number of allylic oxidation sites excluding steroid dienone is 1. The molecule has 0 saturated heterocycles. The molecule has 11 heavy (non-hydrogen) atoms. The van der Waals surface area contributed by atoms with E-state index < -0.39 is 0 Å². The highest BCUT2D eigenvalue weighted by Gasteiger charge is 1.89. The highest BCUT2D eigenvalue weighted by molar-refractivity contribution is 5.29. The van der Waals surface area contributed by atoms with Gasteiger partial charge in [-0.3, -0.25) is 0 Å². The molecule has 0 amide bonds. The Kier molecular flexibility index (Phi) is 4.81. The number of rotatable bonds is 2. The maximum atomic E-state index is 3.82. The van der Waals surface area contributed by atoms with Crippen molar-refractivity contribution in [2.45, 2.75) is 20.8 Å². The smallest absolute Gasteiger partial charge is 0.222 e. The van der Waals surface area contributed by atoms with E-state index in [1.54, 1.807) is 0 Å². The second-order valence-electron chi connectivity index (χ2n) is 1.74. The average molecular weight is 154 g/mol. The highest BCUT2D eigenvalue weighted by atomic mass is 15.3. The van der Waals surface area contributed by atoms with Gasteiger partial charge in [0.05, 0.1) is 0 Å². The van der Waals surface area contributed by atoms with Crippen LogP contribution in [0, 0.1) is 0 Å². The fourth-order valence-electron chi connectivity index (χ4n) is 0.468. The molecule has 0 aliphatic heterocycles. The third-order valence-corrected chi connectivity index (χ3v) is 0.747. The molecule has 0 spiro atoms. The SMILES string of the molecule is C=C(C)Nc1ncn[nH]1.CC. The molecule has 0 fully saturated rings. The molecule has 1 aromatic heterocycles. The maximum absolute atomic E-state index is 3.82. The predicted octanol–water partition coefficient (Wildman–Crippen LogP) is 1.78. The van der Waals surface area contributed by atoms with Crippen LogP contribution in [0.2, 0.25) is 0 Å². The Morgan fingerprint density at radius 2 is 2.27 bits per heavy atom. The summed E-state index contributed by atoms with van der Waals surface area (Å²) in [4.78, 5) is 3.82. The summed E-state index contributed by atoms with van der Waals surface area (Å²) in [6.07, 6.45) is 1.44. The predicted molar refractivity (Wildman–Crippen MR) is 46.2 cm³/mol. The van der Waals surface area contributed by atoms with Crippen molar-refractivity contribution in [2.75, 3.05) is 5.32 Å². The summed E-state index contributed by atoms with van der Waals surface area (Å²) in [7, 11) is 0. The summed E-state index contributed by atoms with van der Waals surface area (Å²) < 4.78 is 0. The lowest BCUT2D eigenvalue weighted by Crippen LogP contribution is -1.94. The molecule has 0 saturated carbocycles. The van der Waals surface area contributed by atoms with Crippen LogP contribution in [-0.2, 0) is 0 Å². The molecule has 0 aliphatic carbocycles. The van der Waals surface area contributed by atoms with Gasteiger partial charge in [0, 0.05) is 5.70 Å². The van der Waals surface area contributed by atoms with Crippen LogP contribution in [0.4, 0.5) is 5.95 Å². The van der Waals surface area contributed by atoms with Crippen molar-refractivity contribution in [1.29, 1.82) is 0 Å². The molecule has 0 aliphatic rings. The van der Waals surface area contributed by atoms with Gasteiger partial charge in [-0.2, -0.15) is 10.1 Å². The van der Waals surface area contributed by atoms with Crippen molar-refractivity contribution >= 4 is 5.95 Å². The van der Waals surface area contributed by atoms with Gasteiger partial charge in [-0.05, 0) is 6.92 Å². The van der Waals surface area contributed by atoms with Gasteiger partial charge in [0.1, 0.15) is 6.33 Å². The first-order chi connectivity index (χ1) is 5.29. The Hall–Kier alpha value is -1.32. The average Bonchev–Trinajstić information content (AvgIpc) is 2.43. The lowest BCUT2D eigenvalue weighted by molar-refractivity contribution is 1.09. The van der Waals surface area contributed by atoms with Gasteiger partial charge in [0.2, 0.25) is 5.95 Å². The number of hydrogen-bond donors (Lipinski definition) is 2. The summed E-state index contributed by atoms with van der Waals surface area (Å²) in [6, 6.07) is 0. The number of H-pyrrole nitrogens is 1. The largest absolute Gasteiger partial charge is 0.329 e. The Morgan fingerprint density at radius 3 is 2.64 bits per heavy atom. The Balaban J connectivity index is 0.000000461. The molecule has 1 aromatic rings. The Bertz CT molecular complexity index is 190. The second-order valence-corrected chi connectivity index (χ2v) is 1.74. The van der Waals surface area contributed by atoms with Gasteiger partial charge >= 0.3 is 0 Å². The number of aromatic amines is 1. The summed E-state index contributed by atoms with van der Waals surface area (Å²) in [5.74, 6) is 0.627. The molecule has 62 valence electrons. The fourth-order valence-corrected chi connectivity index (χ4v) is 0.468. The third-order valence-electron chi connectivity index (χ3n) is 0.747. The van der Waals surface area contributed by atoms with E-state index in [0.29, 0.717) is 5.95 Å². The normalized spacial score (nSPS) is 7.91. The van der Waals surface area contributed by atoms with Crippen LogP contribution in [-0.4, -0.2) is 15.2 Å². The van der Waals surface area contributed by atoms with E-state index >= 15 is 0 Å². The van der Waals surface area contributed by atoms with Crippen LogP contribution in [0.3, 0.4) is 0 Å². The minimum absolute atomic E-state index is 0.627. The first-order valence-electron chi connectivity index (χ1n) is 3.57. The lowest BCUT2D eigenvalue weighted by atomic mass is 10.6. The van der Waals surface area contributed by atoms with Crippen molar-refractivity contribution in [1.82, 2.24) is 15.2 Å². The first-order valence-corrected chi connectivity index (χ1v) is 3.57. The van der Waals surface area contributed by atoms with E-state index in [0.717, 1.165) is 5.70 Å². The van der Waals surface area contributed by atoms with E-state index in [4.69, 9.17) is 0 Å². The molecule has 0 atom stereocenters. The van der Waals surface area contributed by atoms with Crippen LogP contribution in [0.25, 0.3) is 0 Å². The van der Waals surface area contributed by atoms with Gasteiger partial charge in [-0.1, -0.05) is 20.4 Å². The van der Waals surface area contributed by atoms with Gasteiger partial charge < -0.3 is 5.32 Å². The van der Waals surface area contributed by atoms with Crippen LogP contribution < -0.4 is 5.32 Å². The molecule has 1 rings (SSSR count). The van der Waals surface area contributed by atoms with E-state index in [1.807, 2.05) is 20.8 Å². The quantitative estimate of drug-likeness (QED) is 0.682.